The van der Waals surface area contributed by atoms with Crippen molar-refractivity contribution in [1.82, 2.24) is 10.2 Å². The Balaban J connectivity index is 1.67. The Morgan fingerprint density at radius 1 is 1.47 bits per heavy atom. The number of urea groups is 1. The molecule has 0 bridgehead atoms. The second-order valence-corrected chi connectivity index (χ2v) is 4.72. The fraction of sp³-hybridized carbons (Fsp3) is 0.909. The van der Waals surface area contributed by atoms with E-state index >= 15 is 0 Å². The lowest BCUT2D eigenvalue weighted by Gasteiger charge is -2.20. The zero-order valence-electron chi connectivity index (χ0n) is 9.41. The third-order valence-corrected chi connectivity index (χ3v) is 3.74. The first-order chi connectivity index (χ1) is 7.27. The van der Waals surface area contributed by atoms with Crippen molar-refractivity contribution in [1.29, 1.82) is 0 Å². The van der Waals surface area contributed by atoms with E-state index in [9.17, 15) is 4.79 Å². The van der Waals surface area contributed by atoms with Gasteiger partial charge in [-0.25, -0.2) is 4.79 Å². The van der Waals surface area contributed by atoms with Crippen LogP contribution >= 0.6 is 0 Å². The molecule has 2 rings (SSSR count). The Labute approximate surface area is 91.2 Å². The number of nitrogens with two attached hydrogens (primary N) is 1. The number of hydrogen-bond acceptors (Lipinski definition) is 2. The fourth-order valence-electron chi connectivity index (χ4n) is 2.65. The van der Waals surface area contributed by atoms with Gasteiger partial charge in [0.1, 0.15) is 0 Å². The van der Waals surface area contributed by atoms with Crippen LogP contribution < -0.4 is 11.1 Å². The molecule has 3 N–H and O–H groups in total. The maximum atomic E-state index is 11.7. The zero-order chi connectivity index (χ0) is 10.8. The largest absolute Gasteiger partial charge is 0.338 e. The minimum absolute atomic E-state index is 0.117. The van der Waals surface area contributed by atoms with E-state index in [-0.39, 0.29) is 6.03 Å². The number of carbonyl (C=O) groups is 1. The molecule has 4 nitrogen and oxygen atoms in total. The van der Waals surface area contributed by atoms with Gasteiger partial charge in [0.25, 0.3) is 0 Å². The number of nitrogens with one attached hydrogen (secondary N) is 1. The van der Waals surface area contributed by atoms with Gasteiger partial charge in [-0.05, 0) is 30.7 Å². The highest BCUT2D eigenvalue weighted by Crippen LogP contribution is 2.50. The Kier molecular flexibility index (Phi) is 3.14. The van der Waals surface area contributed by atoms with Crippen LogP contribution in [0.15, 0.2) is 0 Å². The van der Waals surface area contributed by atoms with E-state index in [4.69, 9.17) is 5.73 Å². The standard InChI is InChI=1S/C11H21N3O/c1-2-3-4-13-11(15)14-6-9-8(5-12)10(9)7-14/h8-10H,2-7,12H2,1H3,(H,13,15). The summed E-state index contributed by atoms with van der Waals surface area (Å²) in [5, 5.41) is 2.96. The Morgan fingerprint density at radius 3 is 2.67 bits per heavy atom. The first-order valence-corrected chi connectivity index (χ1v) is 6.00. The van der Waals surface area contributed by atoms with Gasteiger partial charge in [-0.15, -0.1) is 0 Å². The number of unbranched alkanes of at least 4 members (excludes halogenated alkanes) is 1. The lowest BCUT2D eigenvalue weighted by molar-refractivity contribution is 0.201. The molecule has 1 heterocycles. The predicted molar refractivity (Wildman–Crippen MR) is 59.4 cm³/mol. The van der Waals surface area contributed by atoms with Crippen LogP contribution in [-0.4, -0.2) is 37.1 Å². The van der Waals surface area contributed by atoms with Crippen molar-refractivity contribution >= 4 is 6.03 Å². The molecule has 1 saturated heterocycles. The molecule has 1 aliphatic heterocycles. The maximum absolute atomic E-state index is 11.7. The number of fused-ring (bicyclic) bond motifs is 1. The summed E-state index contributed by atoms with van der Waals surface area (Å²) in [6, 6.07) is 0.117. The second-order valence-electron chi connectivity index (χ2n) is 4.72. The fourth-order valence-corrected chi connectivity index (χ4v) is 2.65. The Morgan fingerprint density at radius 2 is 2.13 bits per heavy atom. The van der Waals surface area contributed by atoms with Gasteiger partial charge < -0.3 is 16.0 Å². The molecule has 2 fully saturated rings. The van der Waals surface area contributed by atoms with Crippen LogP contribution in [0.1, 0.15) is 19.8 Å². The van der Waals surface area contributed by atoms with Crippen LogP contribution in [0.2, 0.25) is 0 Å². The predicted octanol–water partition coefficient (Wildman–Crippen LogP) is 0.633. The summed E-state index contributed by atoms with van der Waals surface area (Å²) in [4.78, 5) is 13.6. The van der Waals surface area contributed by atoms with Crippen molar-refractivity contribution in [2.24, 2.45) is 23.5 Å². The SMILES string of the molecule is CCCCNC(=O)N1CC2C(CN)C2C1. The summed E-state index contributed by atoms with van der Waals surface area (Å²) in [6.45, 7) is 5.57. The average Bonchev–Trinajstić information content (AvgIpc) is 2.70. The number of piperidine rings is 1. The first-order valence-electron chi connectivity index (χ1n) is 6.00. The summed E-state index contributed by atoms with van der Waals surface area (Å²) < 4.78 is 0. The van der Waals surface area contributed by atoms with E-state index in [2.05, 4.69) is 12.2 Å². The minimum atomic E-state index is 0.117. The monoisotopic (exact) mass is 211 g/mol. The molecular weight excluding hydrogens is 190 g/mol. The molecule has 15 heavy (non-hydrogen) atoms. The number of carbonyl (C=O) groups excluding carboxylic acids is 1. The smallest absolute Gasteiger partial charge is 0.317 e. The summed E-state index contributed by atoms with van der Waals surface area (Å²) in [7, 11) is 0. The molecule has 0 spiro atoms. The average molecular weight is 211 g/mol. The number of likely N-dealkylation sites (tertiary alicyclic amines) is 1. The van der Waals surface area contributed by atoms with Gasteiger partial charge in [0.15, 0.2) is 0 Å². The highest BCUT2D eigenvalue weighted by Gasteiger charge is 2.55. The van der Waals surface area contributed by atoms with Crippen LogP contribution in [0.4, 0.5) is 4.79 Å². The van der Waals surface area contributed by atoms with E-state index < -0.39 is 0 Å². The Hall–Kier alpha value is -0.770. The van der Waals surface area contributed by atoms with Crippen LogP contribution in [0.5, 0.6) is 0 Å². The van der Waals surface area contributed by atoms with Crippen molar-refractivity contribution in [3.05, 3.63) is 0 Å². The van der Waals surface area contributed by atoms with Crippen LogP contribution in [0.3, 0.4) is 0 Å². The van der Waals surface area contributed by atoms with Crippen molar-refractivity contribution in [2.45, 2.75) is 19.8 Å². The molecule has 0 aromatic carbocycles. The summed E-state index contributed by atoms with van der Waals surface area (Å²) in [5.74, 6) is 2.10. The molecule has 2 unspecified atom stereocenters. The summed E-state index contributed by atoms with van der Waals surface area (Å²) in [5.41, 5.74) is 5.62. The lowest BCUT2D eigenvalue weighted by atomic mass is 10.3. The summed E-state index contributed by atoms with van der Waals surface area (Å²) >= 11 is 0. The van der Waals surface area contributed by atoms with E-state index in [1.807, 2.05) is 4.90 Å². The molecule has 2 aliphatic rings. The topological polar surface area (TPSA) is 58.4 Å². The molecule has 1 saturated carbocycles. The van der Waals surface area contributed by atoms with Crippen molar-refractivity contribution in [3.63, 3.8) is 0 Å². The summed E-state index contributed by atoms with van der Waals surface area (Å²) in [6.07, 6.45) is 2.19. The van der Waals surface area contributed by atoms with Gasteiger partial charge in [0, 0.05) is 19.6 Å². The third-order valence-electron chi connectivity index (χ3n) is 3.74. The van der Waals surface area contributed by atoms with E-state index in [1.54, 1.807) is 0 Å². The second kappa shape index (κ2) is 4.39. The maximum Gasteiger partial charge on any atom is 0.317 e. The zero-order valence-corrected chi connectivity index (χ0v) is 9.41. The highest BCUT2D eigenvalue weighted by molar-refractivity contribution is 5.74. The molecule has 2 amide bonds. The number of nitrogens with zero attached hydrogens (tertiary/aromatic N) is 1. The van der Waals surface area contributed by atoms with Gasteiger partial charge >= 0.3 is 6.03 Å². The van der Waals surface area contributed by atoms with Crippen LogP contribution in [0.25, 0.3) is 0 Å². The lowest BCUT2D eigenvalue weighted by Crippen LogP contribution is -2.40. The van der Waals surface area contributed by atoms with Gasteiger partial charge in [-0.3, -0.25) is 0 Å². The van der Waals surface area contributed by atoms with Gasteiger partial charge in [0.05, 0.1) is 0 Å². The number of amides is 2. The van der Waals surface area contributed by atoms with Crippen LogP contribution in [0, 0.1) is 17.8 Å². The third kappa shape index (κ3) is 2.09. The quantitative estimate of drug-likeness (QED) is 0.670. The first kappa shape index (κ1) is 10.7. The minimum Gasteiger partial charge on any atom is -0.338 e. The molecule has 4 heteroatoms. The molecule has 1 aliphatic carbocycles. The van der Waals surface area contributed by atoms with E-state index in [0.717, 1.165) is 39.0 Å². The van der Waals surface area contributed by atoms with E-state index in [1.165, 1.54) is 0 Å². The molecule has 2 atom stereocenters. The molecule has 0 aromatic rings. The Bertz CT molecular complexity index is 232. The molecule has 86 valence electrons. The highest BCUT2D eigenvalue weighted by atomic mass is 16.2. The number of hydrogen-bond donors (Lipinski definition) is 2. The molecule has 0 radical (unpaired) electrons. The number of rotatable bonds is 4. The van der Waals surface area contributed by atoms with Crippen molar-refractivity contribution in [2.75, 3.05) is 26.2 Å². The van der Waals surface area contributed by atoms with Crippen LogP contribution in [-0.2, 0) is 0 Å². The molecular formula is C11H21N3O. The van der Waals surface area contributed by atoms with Gasteiger partial charge in [-0.1, -0.05) is 13.3 Å². The van der Waals surface area contributed by atoms with Gasteiger partial charge in [0.2, 0.25) is 0 Å². The normalized spacial score (nSPS) is 32.7. The van der Waals surface area contributed by atoms with Crippen molar-refractivity contribution < 1.29 is 4.79 Å². The molecule has 0 aromatic heterocycles. The van der Waals surface area contributed by atoms with Gasteiger partial charge in [-0.2, -0.15) is 0 Å². The van der Waals surface area contributed by atoms with E-state index in [0.29, 0.717) is 17.8 Å². The van der Waals surface area contributed by atoms with Crippen molar-refractivity contribution in [3.8, 4) is 0 Å².